The first-order chi connectivity index (χ1) is 25.1. The number of aromatic amines is 1. The van der Waals surface area contributed by atoms with Crippen LogP contribution >= 0.6 is 11.6 Å². The highest BCUT2D eigenvalue weighted by Crippen LogP contribution is 2.22. The first-order valence-electron chi connectivity index (χ1n) is 19.0. The van der Waals surface area contributed by atoms with E-state index in [-0.39, 0.29) is 5.91 Å². The van der Waals surface area contributed by atoms with E-state index in [9.17, 15) is 13.2 Å². The van der Waals surface area contributed by atoms with Crippen LogP contribution in [-0.4, -0.2) is 48.2 Å². The minimum absolute atomic E-state index is 0.231. The van der Waals surface area contributed by atoms with Gasteiger partial charge in [0, 0.05) is 22.9 Å². The van der Waals surface area contributed by atoms with Crippen LogP contribution in [0.3, 0.4) is 0 Å². The Morgan fingerprint density at radius 2 is 1.40 bits per heavy atom. The topological polar surface area (TPSA) is 131 Å². The number of unbranched alkanes of at least 4 members (excludes halogenated alkanes) is 13. The summed E-state index contributed by atoms with van der Waals surface area (Å²) in [6.07, 6.45) is 21.3. The molecule has 3 N–H and O–H groups in total. The smallest absolute Gasteiger partial charge is 0.344 e. The lowest BCUT2D eigenvalue weighted by atomic mass is 10.0. The van der Waals surface area contributed by atoms with Gasteiger partial charge in [-0.3, -0.25) is 9.52 Å². The number of rotatable bonds is 26. The maximum Gasteiger partial charge on any atom is 0.344 e. The van der Waals surface area contributed by atoms with Gasteiger partial charge in [0.2, 0.25) is 16.4 Å². The number of hydrogen-bond acceptors (Lipinski definition) is 6. The van der Waals surface area contributed by atoms with Gasteiger partial charge in [0.1, 0.15) is 23.1 Å². The van der Waals surface area contributed by atoms with Gasteiger partial charge in [0.05, 0.1) is 18.6 Å². The quantitative estimate of drug-likeness (QED) is 0.0433. The minimum atomic E-state index is -3.39. The fraction of sp³-hybridized carbons (Fsp3) is 0.564. The molecule has 0 aliphatic heterocycles. The molecule has 2 aromatic heterocycles. The largest absolute Gasteiger partial charge is 0.493 e. The third kappa shape index (κ3) is 14.7. The molecule has 13 heteroatoms. The number of benzene rings is 2. The SMILES string of the molecule is CCCCCCCCCCCCCCCCC(Oc1ccc(NS(C)(=O)=O)cc1)C(=O)Nc1ccc(OCCCn2c[n+]3[nH]c(C)c(Cl)c3n2)cc1. The normalized spacial score (nSPS) is 12.2. The Kier molecular flexibility index (Phi) is 17.1. The van der Waals surface area contributed by atoms with Gasteiger partial charge < -0.3 is 14.8 Å². The highest BCUT2D eigenvalue weighted by Gasteiger charge is 2.21. The first-order valence-corrected chi connectivity index (χ1v) is 21.3. The lowest BCUT2D eigenvalue weighted by Crippen LogP contribution is -2.33. The van der Waals surface area contributed by atoms with Crippen LogP contribution in [0.5, 0.6) is 11.5 Å². The summed E-state index contributed by atoms with van der Waals surface area (Å²) in [6.45, 7) is 5.35. The van der Waals surface area contributed by atoms with Crippen molar-refractivity contribution in [2.24, 2.45) is 0 Å². The number of fused-ring (bicyclic) bond motifs is 1. The zero-order valence-corrected chi connectivity index (χ0v) is 32.7. The van der Waals surface area contributed by atoms with E-state index in [1.807, 2.05) is 42.2 Å². The number of carbonyl (C=O) groups is 1. The number of halogens is 1. The van der Waals surface area contributed by atoms with Crippen LogP contribution in [0.2, 0.25) is 5.02 Å². The van der Waals surface area contributed by atoms with Crippen LogP contribution < -0.4 is 24.0 Å². The van der Waals surface area contributed by atoms with E-state index in [1.54, 1.807) is 28.8 Å². The molecular formula is C39H58ClN6O5S+. The molecule has 0 aliphatic rings. The van der Waals surface area contributed by atoms with E-state index in [2.05, 4.69) is 27.2 Å². The highest BCUT2D eigenvalue weighted by atomic mass is 35.5. The molecule has 4 rings (SSSR count). The average Bonchev–Trinajstić information content (AvgIpc) is 3.63. The van der Waals surface area contributed by atoms with Crippen LogP contribution in [0.15, 0.2) is 54.9 Å². The number of sulfonamides is 1. The maximum atomic E-state index is 13.5. The van der Waals surface area contributed by atoms with Gasteiger partial charge in [-0.15, -0.1) is 9.20 Å². The van der Waals surface area contributed by atoms with Gasteiger partial charge in [-0.05, 0) is 68.3 Å². The van der Waals surface area contributed by atoms with E-state index < -0.39 is 16.1 Å². The molecule has 4 aromatic rings. The number of amides is 1. The van der Waals surface area contributed by atoms with Crippen LogP contribution in [-0.2, 0) is 21.4 Å². The van der Waals surface area contributed by atoms with Crippen molar-refractivity contribution in [2.75, 3.05) is 22.9 Å². The third-order valence-electron chi connectivity index (χ3n) is 8.98. The van der Waals surface area contributed by atoms with Crippen molar-refractivity contribution < 1.29 is 27.2 Å². The van der Waals surface area contributed by atoms with Crippen molar-refractivity contribution in [2.45, 2.75) is 129 Å². The molecule has 0 radical (unpaired) electrons. The molecule has 0 spiro atoms. The number of carbonyl (C=O) groups excluding carboxylic acids is 1. The summed E-state index contributed by atoms with van der Waals surface area (Å²) in [5, 5.41) is 11.3. The summed E-state index contributed by atoms with van der Waals surface area (Å²) < 4.78 is 41.4. The summed E-state index contributed by atoms with van der Waals surface area (Å²) in [6, 6.07) is 13.9. The Morgan fingerprint density at radius 1 is 0.846 bits per heavy atom. The molecule has 0 saturated heterocycles. The molecule has 0 saturated carbocycles. The molecule has 1 atom stereocenters. The van der Waals surface area contributed by atoms with Crippen molar-refractivity contribution >= 4 is 44.6 Å². The first kappa shape index (κ1) is 41.0. The summed E-state index contributed by atoms with van der Waals surface area (Å²) >= 11 is 6.28. The van der Waals surface area contributed by atoms with Crippen molar-refractivity contribution in [3.05, 3.63) is 65.6 Å². The zero-order valence-electron chi connectivity index (χ0n) is 31.2. The predicted molar refractivity (Wildman–Crippen MR) is 209 cm³/mol. The van der Waals surface area contributed by atoms with E-state index in [0.717, 1.165) is 37.6 Å². The Hall–Kier alpha value is -3.77. The fourth-order valence-electron chi connectivity index (χ4n) is 6.14. The number of ether oxygens (including phenoxy) is 2. The van der Waals surface area contributed by atoms with Gasteiger partial charge in [-0.2, -0.15) is 0 Å². The summed E-state index contributed by atoms with van der Waals surface area (Å²) in [4.78, 5) is 13.5. The van der Waals surface area contributed by atoms with Crippen molar-refractivity contribution in [3.8, 4) is 11.5 Å². The number of nitrogens with zero attached hydrogens (tertiary/aromatic N) is 3. The van der Waals surface area contributed by atoms with Crippen molar-refractivity contribution in [1.82, 2.24) is 14.9 Å². The molecule has 1 amide bonds. The molecule has 0 fully saturated rings. The number of H-pyrrole nitrogens is 1. The van der Waals surface area contributed by atoms with E-state index in [1.165, 1.54) is 70.6 Å². The lowest BCUT2D eigenvalue weighted by Gasteiger charge is -2.19. The second-order valence-corrected chi connectivity index (χ2v) is 15.9. The van der Waals surface area contributed by atoms with Gasteiger partial charge >= 0.3 is 5.65 Å². The number of nitrogens with one attached hydrogen (secondary N) is 3. The van der Waals surface area contributed by atoms with Gasteiger partial charge in [-0.1, -0.05) is 102 Å². The molecule has 1 unspecified atom stereocenters. The molecule has 2 aromatic carbocycles. The molecule has 11 nitrogen and oxygen atoms in total. The van der Waals surface area contributed by atoms with Crippen molar-refractivity contribution in [1.29, 1.82) is 0 Å². The molecule has 0 bridgehead atoms. The van der Waals surface area contributed by atoms with Gasteiger partial charge in [0.15, 0.2) is 6.10 Å². The van der Waals surface area contributed by atoms with E-state index in [0.29, 0.717) is 53.1 Å². The molecule has 2 heterocycles. The minimum Gasteiger partial charge on any atom is -0.493 e. The monoisotopic (exact) mass is 757 g/mol. The number of aromatic nitrogens is 4. The predicted octanol–water partition coefficient (Wildman–Crippen LogP) is 9.01. The Bertz CT molecular complexity index is 1740. The summed E-state index contributed by atoms with van der Waals surface area (Å²) in [7, 11) is -3.39. The molecular weight excluding hydrogens is 700 g/mol. The fourth-order valence-corrected chi connectivity index (χ4v) is 6.88. The van der Waals surface area contributed by atoms with Gasteiger partial charge in [-0.25, -0.2) is 13.5 Å². The Morgan fingerprint density at radius 3 is 1.98 bits per heavy atom. The van der Waals surface area contributed by atoms with E-state index in [4.69, 9.17) is 21.1 Å². The Labute approximate surface area is 314 Å². The highest BCUT2D eigenvalue weighted by molar-refractivity contribution is 7.92. The molecule has 0 aliphatic carbocycles. The third-order valence-corrected chi connectivity index (χ3v) is 10.0. The average molecular weight is 758 g/mol. The standard InChI is InChI=1S/C39H57ClN6O5S/c1-4-5-6-7-8-9-10-11-12-13-14-15-16-17-19-36(51-35-26-22-33(23-27-35)44-52(3,48)49)39(47)41-32-20-24-34(25-21-32)50-29-18-28-45-30-46-38(43-45)37(40)31(2)42-46/h20-27,30,36,44H,4-19,28-29H2,1-3H3,(H-,41,42,43,47)/p+1. The van der Waals surface area contributed by atoms with Crippen molar-refractivity contribution in [3.63, 3.8) is 0 Å². The Balaban J connectivity index is 1.20. The number of aryl methyl sites for hydroxylation is 2. The van der Waals surface area contributed by atoms with Crippen LogP contribution in [0, 0.1) is 6.92 Å². The molecule has 286 valence electrons. The molecule has 52 heavy (non-hydrogen) atoms. The van der Waals surface area contributed by atoms with Crippen LogP contribution in [0.1, 0.15) is 115 Å². The number of hydrogen-bond donors (Lipinski definition) is 3. The van der Waals surface area contributed by atoms with Crippen LogP contribution in [0.25, 0.3) is 5.65 Å². The lowest BCUT2D eigenvalue weighted by molar-refractivity contribution is -0.578. The second-order valence-electron chi connectivity index (χ2n) is 13.7. The number of anilines is 2. The summed E-state index contributed by atoms with van der Waals surface area (Å²) in [5.74, 6) is 0.972. The zero-order chi connectivity index (χ0) is 37.2. The second kappa shape index (κ2) is 21.7. The maximum absolute atomic E-state index is 13.5. The van der Waals surface area contributed by atoms with Crippen LogP contribution in [0.4, 0.5) is 11.4 Å². The van der Waals surface area contributed by atoms with Gasteiger partial charge in [0.25, 0.3) is 5.91 Å². The van der Waals surface area contributed by atoms with E-state index >= 15 is 0 Å². The summed E-state index contributed by atoms with van der Waals surface area (Å²) in [5.41, 5.74) is 2.66.